The van der Waals surface area contributed by atoms with E-state index in [0.29, 0.717) is 5.02 Å². The first-order valence-corrected chi connectivity index (χ1v) is 10.4. The zero-order chi connectivity index (χ0) is 24.6. The Kier molecular flexibility index (Phi) is 6.96. The van der Waals surface area contributed by atoms with E-state index in [4.69, 9.17) is 32.7 Å². The Morgan fingerprint density at radius 3 is 2.42 bits per heavy atom. The lowest BCUT2D eigenvalue weighted by Gasteiger charge is -2.14. The van der Waals surface area contributed by atoms with Crippen LogP contribution in [0.2, 0.25) is 5.02 Å². The number of rotatable bonds is 6. The van der Waals surface area contributed by atoms with E-state index in [0.717, 1.165) is 12.1 Å². The average molecular weight is 502 g/mol. The van der Waals surface area contributed by atoms with Crippen LogP contribution in [-0.4, -0.2) is 12.1 Å². The van der Waals surface area contributed by atoms with Gasteiger partial charge < -0.3 is 9.47 Å². The van der Waals surface area contributed by atoms with Crippen molar-refractivity contribution in [2.24, 2.45) is 17.3 Å². The van der Waals surface area contributed by atoms with Crippen LogP contribution >= 0.6 is 23.2 Å². The molecule has 1 aliphatic rings. The van der Waals surface area contributed by atoms with Crippen LogP contribution in [0.3, 0.4) is 0 Å². The number of nitrogens with zero attached hydrogens (tertiary/aromatic N) is 1. The summed E-state index contributed by atoms with van der Waals surface area (Å²) in [4.78, 5) is 12.6. The third kappa shape index (κ3) is 5.60. The predicted molar refractivity (Wildman–Crippen MR) is 113 cm³/mol. The van der Waals surface area contributed by atoms with Gasteiger partial charge in [0.25, 0.3) is 0 Å². The summed E-state index contributed by atoms with van der Waals surface area (Å²) in [5.74, 6) is -3.23. The Balaban J connectivity index is 1.76. The molecule has 1 unspecified atom stereocenters. The van der Waals surface area contributed by atoms with E-state index >= 15 is 0 Å². The molecule has 2 aromatic rings. The van der Waals surface area contributed by atoms with Gasteiger partial charge in [0, 0.05) is 10.6 Å². The minimum Gasteiger partial charge on any atom is -0.454 e. The minimum absolute atomic E-state index is 0.134. The molecule has 1 saturated carbocycles. The molecule has 0 spiro atoms. The number of benzene rings is 2. The lowest BCUT2D eigenvalue weighted by molar-refractivity contribution is -0.149. The molecular formula is C23H17Cl2F4NO3. The van der Waals surface area contributed by atoms with E-state index < -0.39 is 46.3 Å². The van der Waals surface area contributed by atoms with Crippen LogP contribution in [0.25, 0.3) is 0 Å². The second-order valence-electron chi connectivity index (χ2n) is 8.03. The molecule has 0 radical (unpaired) electrons. The molecule has 33 heavy (non-hydrogen) atoms. The van der Waals surface area contributed by atoms with E-state index in [2.05, 4.69) is 0 Å². The highest BCUT2D eigenvalue weighted by molar-refractivity contribution is 6.30. The lowest BCUT2D eigenvalue weighted by Crippen LogP contribution is -2.15. The van der Waals surface area contributed by atoms with Crippen molar-refractivity contribution in [3.63, 3.8) is 0 Å². The highest BCUT2D eigenvalue weighted by Crippen LogP contribution is 2.60. The number of allylic oxidation sites excluding steroid dienone is 2. The van der Waals surface area contributed by atoms with Gasteiger partial charge in [-0.05, 0) is 47.7 Å². The molecule has 3 atom stereocenters. The van der Waals surface area contributed by atoms with Crippen molar-refractivity contribution in [2.75, 3.05) is 0 Å². The summed E-state index contributed by atoms with van der Waals surface area (Å²) in [5, 5.41) is 8.64. The molecule has 0 amide bonds. The molecule has 1 aliphatic carbocycles. The Morgan fingerprint density at radius 2 is 1.85 bits per heavy atom. The average Bonchev–Trinajstić information content (AvgIpc) is 3.28. The smallest absolute Gasteiger partial charge is 0.426 e. The first-order valence-electron chi connectivity index (χ1n) is 9.62. The van der Waals surface area contributed by atoms with Crippen molar-refractivity contribution in [2.45, 2.75) is 26.1 Å². The summed E-state index contributed by atoms with van der Waals surface area (Å²) in [6, 6.07) is 11.4. The van der Waals surface area contributed by atoms with E-state index in [9.17, 15) is 27.6 Å². The van der Waals surface area contributed by atoms with Crippen LogP contribution in [0, 0.1) is 34.4 Å². The summed E-state index contributed by atoms with van der Waals surface area (Å²) >= 11 is 11.1. The molecule has 0 aromatic heterocycles. The van der Waals surface area contributed by atoms with Gasteiger partial charge in [0.1, 0.15) is 16.9 Å². The standard InChI is InChI=1S/C23H17Cl2F4NO3/c1-22(2)15(10-19(25)23(27,28)29)20(22)21(31)33-18(11-30)12-3-8-16(26)17(9-12)32-14-6-4-13(24)5-7-14/h3-10,15,18,20H,1-2H3/b19-10-/t15-,18?,20-/m0/s1. The maximum Gasteiger partial charge on any atom is 0.426 e. The fraction of sp³-hybridized carbons (Fsp3) is 0.304. The van der Waals surface area contributed by atoms with Gasteiger partial charge in [0.15, 0.2) is 11.6 Å². The number of nitriles is 1. The highest BCUT2D eigenvalue weighted by atomic mass is 35.5. The van der Waals surface area contributed by atoms with Crippen LogP contribution < -0.4 is 4.74 Å². The number of carbonyl (C=O) groups is 1. The maximum absolute atomic E-state index is 14.2. The van der Waals surface area contributed by atoms with Crippen LogP contribution in [0.15, 0.2) is 53.6 Å². The van der Waals surface area contributed by atoms with E-state index in [1.165, 1.54) is 24.3 Å². The Morgan fingerprint density at radius 1 is 1.21 bits per heavy atom. The molecule has 1 fully saturated rings. The molecule has 0 bridgehead atoms. The van der Waals surface area contributed by atoms with Gasteiger partial charge in [0.2, 0.25) is 6.10 Å². The summed E-state index contributed by atoms with van der Waals surface area (Å²) in [7, 11) is 0. The topological polar surface area (TPSA) is 59.3 Å². The second-order valence-corrected chi connectivity index (χ2v) is 8.87. The van der Waals surface area contributed by atoms with Gasteiger partial charge in [-0.3, -0.25) is 4.79 Å². The van der Waals surface area contributed by atoms with Crippen LogP contribution in [0.1, 0.15) is 25.5 Å². The molecule has 3 rings (SSSR count). The van der Waals surface area contributed by atoms with Gasteiger partial charge in [-0.25, -0.2) is 4.39 Å². The van der Waals surface area contributed by atoms with Gasteiger partial charge >= 0.3 is 12.1 Å². The van der Waals surface area contributed by atoms with E-state index in [1.54, 1.807) is 32.0 Å². The first kappa shape index (κ1) is 24.9. The Labute approximate surface area is 197 Å². The molecule has 2 aromatic carbocycles. The predicted octanol–water partition coefficient (Wildman–Crippen LogP) is 7.34. The van der Waals surface area contributed by atoms with Crippen LogP contribution in [0.4, 0.5) is 17.6 Å². The van der Waals surface area contributed by atoms with Crippen LogP contribution in [0.5, 0.6) is 11.5 Å². The van der Waals surface area contributed by atoms with Gasteiger partial charge in [-0.1, -0.05) is 49.2 Å². The molecule has 4 nitrogen and oxygen atoms in total. The summed E-state index contributed by atoms with van der Waals surface area (Å²) < 4.78 is 63.2. The SMILES string of the molecule is CC1(C)[C@H](C(=O)OC(C#N)c2ccc(F)c(Oc3ccc(Cl)cc3)c2)[C@@H]1/C=C(\Cl)C(F)(F)F. The molecule has 0 saturated heterocycles. The lowest BCUT2D eigenvalue weighted by atomic mass is 10.1. The number of halogens is 6. The summed E-state index contributed by atoms with van der Waals surface area (Å²) in [6.07, 6.45) is -5.37. The number of hydrogen-bond donors (Lipinski definition) is 0. The second kappa shape index (κ2) is 9.24. The fourth-order valence-corrected chi connectivity index (χ4v) is 3.70. The normalized spacial score (nSPS) is 20.5. The van der Waals surface area contributed by atoms with Crippen molar-refractivity contribution >= 4 is 29.2 Å². The van der Waals surface area contributed by atoms with Crippen LogP contribution in [-0.2, 0) is 9.53 Å². The molecule has 0 aliphatic heterocycles. The highest BCUT2D eigenvalue weighted by Gasteiger charge is 2.62. The summed E-state index contributed by atoms with van der Waals surface area (Å²) in [6.45, 7) is 3.19. The Bertz CT molecular complexity index is 1120. The van der Waals surface area contributed by atoms with Crippen molar-refractivity contribution < 1.29 is 31.8 Å². The van der Waals surface area contributed by atoms with Crippen molar-refractivity contribution in [3.8, 4) is 17.6 Å². The molecule has 174 valence electrons. The fourth-order valence-electron chi connectivity index (χ4n) is 3.44. The van der Waals surface area contributed by atoms with Gasteiger partial charge in [0.05, 0.1) is 5.92 Å². The quantitative estimate of drug-likeness (QED) is 0.307. The number of alkyl halides is 3. The molecular weight excluding hydrogens is 485 g/mol. The van der Waals surface area contributed by atoms with Crippen molar-refractivity contribution in [1.82, 2.24) is 0 Å². The number of hydrogen-bond acceptors (Lipinski definition) is 4. The zero-order valence-corrected chi connectivity index (χ0v) is 18.8. The Hall–Kier alpha value is -2.76. The van der Waals surface area contributed by atoms with Crippen molar-refractivity contribution in [3.05, 3.63) is 70.0 Å². The maximum atomic E-state index is 14.2. The van der Waals surface area contributed by atoms with Gasteiger partial charge in [-0.2, -0.15) is 18.4 Å². The third-order valence-electron chi connectivity index (χ3n) is 5.41. The van der Waals surface area contributed by atoms with E-state index in [-0.39, 0.29) is 17.1 Å². The number of ether oxygens (including phenoxy) is 2. The molecule has 0 heterocycles. The van der Waals surface area contributed by atoms with Gasteiger partial charge in [-0.15, -0.1) is 0 Å². The monoisotopic (exact) mass is 501 g/mol. The number of esters is 1. The van der Waals surface area contributed by atoms with Crippen molar-refractivity contribution in [1.29, 1.82) is 5.26 Å². The third-order valence-corrected chi connectivity index (χ3v) is 6.00. The minimum atomic E-state index is -4.72. The number of carbonyl (C=O) groups excluding carboxylic acids is 1. The zero-order valence-electron chi connectivity index (χ0n) is 17.3. The largest absolute Gasteiger partial charge is 0.454 e. The summed E-state index contributed by atoms with van der Waals surface area (Å²) in [5.41, 5.74) is -0.705. The molecule has 10 heteroatoms. The molecule has 0 N–H and O–H groups in total. The van der Waals surface area contributed by atoms with E-state index in [1.807, 2.05) is 0 Å². The first-order chi connectivity index (χ1) is 15.3.